The molecule has 2 aliphatic heterocycles. The van der Waals surface area contributed by atoms with Gasteiger partial charge in [0.05, 0.1) is 23.7 Å². The molecular weight excluding hydrogens is 419 g/mol. The number of nitrogens with zero attached hydrogens (tertiary/aromatic N) is 3. The van der Waals surface area contributed by atoms with E-state index in [0.717, 1.165) is 62.1 Å². The number of rotatable bonds is 6. The summed E-state index contributed by atoms with van der Waals surface area (Å²) in [6.07, 6.45) is 5.72. The minimum absolute atomic E-state index is 0.000573. The number of likely N-dealkylation sites (tertiary alicyclic amines) is 2. The lowest BCUT2D eigenvalue weighted by Gasteiger charge is -2.43. The van der Waals surface area contributed by atoms with Crippen molar-refractivity contribution in [1.29, 1.82) is 0 Å². The van der Waals surface area contributed by atoms with E-state index in [0.29, 0.717) is 13.0 Å². The molecule has 1 aromatic carbocycles. The maximum Gasteiger partial charge on any atom is 0.229 e. The van der Waals surface area contributed by atoms with Gasteiger partial charge in [0.1, 0.15) is 5.82 Å². The summed E-state index contributed by atoms with van der Waals surface area (Å²) in [5.74, 6) is -0.172. The van der Waals surface area contributed by atoms with E-state index in [9.17, 15) is 14.0 Å². The minimum Gasteiger partial charge on any atom is -0.351 e. The Bertz CT molecular complexity index is 1000. The summed E-state index contributed by atoms with van der Waals surface area (Å²) >= 11 is 0. The molecule has 1 atom stereocenters. The number of amides is 2. The van der Waals surface area contributed by atoms with Gasteiger partial charge in [-0.2, -0.15) is 0 Å². The number of piperidine rings is 1. The Balaban J connectivity index is 1.59. The predicted octanol–water partition coefficient (Wildman–Crippen LogP) is 3.48. The van der Waals surface area contributed by atoms with Crippen molar-refractivity contribution >= 4 is 11.8 Å². The molecule has 1 unspecified atom stereocenters. The molecule has 7 heteroatoms. The zero-order valence-electron chi connectivity index (χ0n) is 19.5. The number of pyridine rings is 1. The summed E-state index contributed by atoms with van der Waals surface area (Å²) < 4.78 is 13.9. The van der Waals surface area contributed by atoms with Gasteiger partial charge < -0.3 is 15.1 Å². The molecule has 2 amide bonds. The van der Waals surface area contributed by atoms with Crippen LogP contribution in [0.5, 0.6) is 0 Å². The molecule has 6 nitrogen and oxygen atoms in total. The molecule has 1 aromatic heterocycles. The van der Waals surface area contributed by atoms with E-state index in [2.05, 4.69) is 22.2 Å². The first-order chi connectivity index (χ1) is 15.9. The number of aromatic nitrogens is 1. The molecule has 3 heterocycles. The normalized spacial score (nSPS) is 20.6. The highest BCUT2D eigenvalue weighted by atomic mass is 19.1. The lowest BCUT2D eigenvalue weighted by molar-refractivity contribution is -0.146. The summed E-state index contributed by atoms with van der Waals surface area (Å²) in [4.78, 5) is 34.1. The van der Waals surface area contributed by atoms with Crippen LogP contribution >= 0.6 is 0 Å². The van der Waals surface area contributed by atoms with E-state index in [4.69, 9.17) is 0 Å². The van der Waals surface area contributed by atoms with E-state index in [1.807, 2.05) is 23.1 Å². The number of hydrogen-bond donors (Lipinski definition) is 1. The van der Waals surface area contributed by atoms with Crippen LogP contribution in [0.25, 0.3) is 0 Å². The lowest BCUT2D eigenvalue weighted by Crippen LogP contribution is -2.50. The first-order valence-corrected chi connectivity index (χ1v) is 11.8. The molecule has 2 saturated heterocycles. The zero-order chi connectivity index (χ0) is 23.4. The summed E-state index contributed by atoms with van der Waals surface area (Å²) in [6.45, 7) is 4.31. The molecular formula is C26H33FN4O2. The molecule has 0 spiro atoms. The molecule has 2 aromatic rings. The number of hydrogen-bond acceptors (Lipinski definition) is 4. The second-order valence-corrected chi connectivity index (χ2v) is 9.54. The van der Waals surface area contributed by atoms with Gasteiger partial charge in [-0.15, -0.1) is 0 Å². The minimum atomic E-state index is -0.519. The Hall–Kier alpha value is -2.80. The van der Waals surface area contributed by atoms with Gasteiger partial charge in [0.15, 0.2) is 0 Å². The second kappa shape index (κ2) is 10.00. The molecule has 0 saturated carbocycles. The quantitative estimate of drug-likeness (QED) is 0.729. The first-order valence-electron chi connectivity index (χ1n) is 11.8. The van der Waals surface area contributed by atoms with Crippen molar-refractivity contribution in [2.75, 3.05) is 26.7 Å². The van der Waals surface area contributed by atoms with Crippen molar-refractivity contribution in [2.45, 2.75) is 51.6 Å². The van der Waals surface area contributed by atoms with Crippen molar-refractivity contribution < 1.29 is 14.0 Å². The zero-order valence-corrected chi connectivity index (χ0v) is 19.5. The number of carbonyl (C=O) groups excluding carboxylic acids is 2. The highest BCUT2D eigenvalue weighted by Crippen LogP contribution is 2.42. The van der Waals surface area contributed by atoms with Crippen molar-refractivity contribution in [3.63, 3.8) is 0 Å². The molecule has 0 bridgehead atoms. The van der Waals surface area contributed by atoms with Gasteiger partial charge >= 0.3 is 0 Å². The third-order valence-corrected chi connectivity index (χ3v) is 7.09. The third kappa shape index (κ3) is 5.41. The monoisotopic (exact) mass is 452 g/mol. The van der Waals surface area contributed by atoms with Crippen LogP contribution < -0.4 is 5.32 Å². The third-order valence-electron chi connectivity index (χ3n) is 7.09. The molecule has 2 fully saturated rings. The molecule has 176 valence electrons. The smallest absolute Gasteiger partial charge is 0.229 e. The Morgan fingerprint density at radius 3 is 2.70 bits per heavy atom. The van der Waals surface area contributed by atoms with E-state index in [-0.39, 0.29) is 23.7 Å². The maximum atomic E-state index is 14.1. The fraction of sp³-hybridized carbons (Fsp3) is 0.500. The van der Waals surface area contributed by atoms with E-state index >= 15 is 0 Å². The topological polar surface area (TPSA) is 65.5 Å². The largest absolute Gasteiger partial charge is 0.351 e. The van der Waals surface area contributed by atoms with Gasteiger partial charge in [0.2, 0.25) is 11.8 Å². The Morgan fingerprint density at radius 2 is 1.97 bits per heavy atom. The average molecular weight is 453 g/mol. The summed E-state index contributed by atoms with van der Waals surface area (Å²) in [6, 6.07) is 10.6. The number of halogens is 1. The SMILES string of the molecule is CC(=O)NCc1cc(C2CCCN2C(=O)C2(Cc3cccc(F)c3)CCN(C)CC2)ccn1. The van der Waals surface area contributed by atoms with Crippen LogP contribution in [0.4, 0.5) is 4.39 Å². The standard InChI is InChI=1S/C26H33FN4O2/c1-19(32)29-18-23-16-21(8-11-28-23)24-7-4-12-31(24)25(33)26(9-13-30(2)14-10-26)17-20-5-3-6-22(27)15-20/h3,5-6,8,11,15-16,24H,4,7,9-10,12-14,17-18H2,1-2H3,(H,29,32). The highest BCUT2D eigenvalue weighted by Gasteiger charge is 2.46. The van der Waals surface area contributed by atoms with Gasteiger partial charge in [0, 0.05) is 19.7 Å². The van der Waals surface area contributed by atoms with Crippen LogP contribution in [0.15, 0.2) is 42.6 Å². The maximum absolute atomic E-state index is 14.1. The average Bonchev–Trinajstić information content (AvgIpc) is 3.29. The number of nitrogens with one attached hydrogen (secondary N) is 1. The van der Waals surface area contributed by atoms with Crippen LogP contribution in [0.3, 0.4) is 0 Å². The summed E-state index contributed by atoms with van der Waals surface area (Å²) in [7, 11) is 2.09. The van der Waals surface area contributed by atoms with Gasteiger partial charge in [-0.1, -0.05) is 12.1 Å². The van der Waals surface area contributed by atoms with Crippen LogP contribution in [0.2, 0.25) is 0 Å². The Morgan fingerprint density at radius 1 is 1.18 bits per heavy atom. The van der Waals surface area contributed by atoms with E-state index < -0.39 is 5.41 Å². The fourth-order valence-electron chi connectivity index (χ4n) is 5.23. The van der Waals surface area contributed by atoms with E-state index in [1.165, 1.54) is 13.0 Å². The van der Waals surface area contributed by atoms with Crippen LogP contribution in [-0.4, -0.2) is 53.3 Å². The van der Waals surface area contributed by atoms with Crippen LogP contribution in [-0.2, 0) is 22.6 Å². The predicted molar refractivity (Wildman–Crippen MR) is 125 cm³/mol. The Kier molecular flexibility index (Phi) is 7.08. The molecule has 1 N–H and O–H groups in total. The Labute approximate surface area is 195 Å². The van der Waals surface area contributed by atoms with Crippen molar-refractivity contribution in [3.05, 3.63) is 65.2 Å². The van der Waals surface area contributed by atoms with Crippen molar-refractivity contribution in [2.24, 2.45) is 5.41 Å². The first kappa shape index (κ1) is 23.4. The second-order valence-electron chi connectivity index (χ2n) is 9.54. The molecule has 2 aliphatic rings. The van der Waals surface area contributed by atoms with Crippen molar-refractivity contribution in [1.82, 2.24) is 20.1 Å². The lowest BCUT2D eigenvalue weighted by atomic mass is 9.72. The van der Waals surface area contributed by atoms with Crippen molar-refractivity contribution in [3.8, 4) is 0 Å². The molecule has 0 radical (unpaired) electrons. The van der Waals surface area contributed by atoms with Gasteiger partial charge in [0.25, 0.3) is 0 Å². The molecule has 33 heavy (non-hydrogen) atoms. The van der Waals surface area contributed by atoms with Crippen LogP contribution in [0, 0.1) is 11.2 Å². The van der Waals surface area contributed by atoms with Gasteiger partial charge in [-0.3, -0.25) is 14.6 Å². The number of carbonyl (C=O) groups is 2. The summed E-state index contributed by atoms with van der Waals surface area (Å²) in [5.41, 5.74) is 2.21. The fourth-order valence-corrected chi connectivity index (χ4v) is 5.23. The highest BCUT2D eigenvalue weighted by molar-refractivity contribution is 5.84. The van der Waals surface area contributed by atoms with Gasteiger partial charge in [-0.25, -0.2) is 4.39 Å². The van der Waals surface area contributed by atoms with E-state index in [1.54, 1.807) is 18.3 Å². The van der Waals surface area contributed by atoms with Gasteiger partial charge in [-0.05, 0) is 87.6 Å². The molecule has 4 rings (SSSR count). The molecule has 0 aliphatic carbocycles. The number of benzene rings is 1. The summed E-state index contributed by atoms with van der Waals surface area (Å²) in [5, 5.41) is 2.79. The van der Waals surface area contributed by atoms with Crippen LogP contribution in [0.1, 0.15) is 55.5 Å².